The molecule has 1 heterocycles. The topological polar surface area (TPSA) is 52.6 Å². The number of hydrogen-bond donors (Lipinski definition) is 1. The van der Waals surface area contributed by atoms with E-state index in [-0.39, 0.29) is 29.1 Å². The highest BCUT2D eigenvalue weighted by atomic mass is 19.4. The normalized spacial score (nSPS) is 20.5. The first-order chi connectivity index (χ1) is 13.6. The van der Waals surface area contributed by atoms with Crippen LogP contribution in [0.15, 0.2) is 18.2 Å². The molecule has 8 heteroatoms. The van der Waals surface area contributed by atoms with Gasteiger partial charge in [0.05, 0.1) is 5.56 Å². The number of nitrogens with zero attached hydrogens (tertiary/aromatic N) is 2. The summed E-state index contributed by atoms with van der Waals surface area (Å²) in [6.07, 6.45) is 0.606. The Morgan fingerprint density at radius 3 is 2.41 bits per heavy atom. The lowest BCUT2D eigenvalue weighted by atomic mass is 10.0. The number of alkyl halides is 3. The minimum atomic E-state index is -4.60. The number of nitrogens with one attached hydrogen (secondary N) is 1. The number of likely N-dealkylation sites (tertiary alicyclic amines) is 1. The van der Waals surface area contributed by atoms with E-state index in [0.717, 1.165) is 44.2 Å². The summed E-state index contributed by atoms with van der Waals surface area (Å²) in [6, 6.07) is 3.32. The number of benzene rings is 1. The minimum absolute atomic E-state index is 0.0227. The average molecular weight is 411 g/mol. The fourth-order valence-electron chi connectivity index (χ4n) is 4.21. The summed E-state index contributed by atoms with van der Waals surface area (Å²) in [6.45, 7) is 0.979. The van der Waals surface area contributed by atoms with Gasteiger partial charge in [0.25, 0.3) is 5.91 Å². The van der Waals surface area contributed by atoms with Gasteiger partial charge >= 0.3 is 6.18 Å². The summed E-state index contributed by atoms with van der Waals surface area (Å²) >= 11 is 0. The van der Waals surface area contributed by atoms with Gasteiger partial charge in [-0.1, -0.05) is 12.8 Å². The predicted octanol–water partition coefficient (Wildman–Crippen LogP) is 4.00. The Labute approximate surface area is 169 Å². The molecule has 160 valence electrons. The molecule has 1 N–H and O–H groups in total. The van der Waals surface area contributed by atoms with Crippen LogP contribution < -0.4 is 5.32 Å². The van der Waals surface area contributed by atoms with E-state index < -0.39 is 17.6 Å². The Balaban J connectivity index is 1.78. The number of carbonyl (C=O) groups excluding carboxylic acids is 2. The molecule has 0 spiro atoms. The lowest BCUT2D eigenvalue weighted by Crippen LogP contribution is -2.34. The predicted molar refractivity (Wildman–Crippen MR) is 105 cm³/mol. The van der Waals surface area contributed by atoms with Gasteiger partial charge in [-0.05, 0) is 57.5 Å². The Hall–Kier alpha value is -2.09. The standard InChI is InChI=1S/C21H28F3N3O2/c1-26(2)18-7-8-27(13-18)20(29)15-10-16(21(22,23)24)12-17(11-15)25-19(28)9-14-5-3-4-6-14/h10-12,14,18H,3-9,13H2,1-2H3,(H,25,28). The van der Waals surface area contributed by atoms with Crippen molar-refractivity contribution in [1.29, 1.82) is 0 Å². The number of rotatable bonds is 5. The molecule has 0 radical (unpaired) electrons. The molecule has 1 unspecified atom stereocenters. The molecule has 1 aliphatic heterocycles. The summed E-state index contributed by atoms with van der Waals surface area (Å²) in [5.41, 5.74) is -0.951. The zero-order valence-electron chi connectivity index (χ0n) is 16.9. The van der Waals surface area contributed by atoms with E-state index in [1.165, 1.54) is 6.07 Å². The van der Waals surface area contributed by atoms with Gasteiger partial charge in [-0.25, -0.2) is 0 Å². The van der Waals surface area contributed by atoms with Crippen LogP contribution in [0.2, 0.25) is 0 Å². The molecule has 1 aliphatic carbocycles. The molecule has 1 aromatic carbocycles. The highest BCUT2D eigenvalue weighted by molar-refractivity contribution is 5.97. The van der Waals surface area contributed by atoms with Crippen molar-refractivity contribution < 1.29 is 22.8 Å². The minimum Gasteiger partial charge on any atom is -0.337 e. The average Bonchev–Trinajstić information content (AvgIpc) is 3.31. The molecule has 1 saturated carbocycles. The van der Waals surface area contributed by atoms with Gasteiger partial charge in [0, 0.05) is 36.8 Å². The quantitative estimate of drug-likeness (QED) is 0.797. The third-order valence-electron chi connectivity index (χ3n) is 5.92. The number of likely N-dealkylation sites (N-methyl/N-ethyl adjacent to an activating group) is 1. The first-order valence-corrected chi connectivity index (χ1v) is 10.1. The number of amides is 2. The number of hydrogen-bond acceptors (Lipinski definition) is 3. The maximum Gasteiger partial charge on any atom is 0.416 e. The molecule has 1 aromatic rings. The van der Waals surface area contributed by atoms with Crippen molar-refractivity contribution in [2.45, 2.75) is 50.7 Å². The third kappa shape index (κ3) is 5.50. The monoisotopic (exact) mass is 411 g/mol. The van der Waals surface area contributed by atoms with Crippen molar-refractivity contribution in [1.82, 2.24) is 9.80 Å². The summed E-state index contributed by atoms with van der Waals surface area (Å²) in [4.78, 5) is 28.7. The van der Waals surface area contributed by atoms with Crippen LogP contribution in [0.25, 0.3) is 0 Å². The summed E-state index contributed by atoms with van der Waals surface area (Å²) in [5.74, 6) is -0.454. The molecule has 2 amide bonds. The molecular weight excluding hydrogens is 383 g/mol. The molecule has 1 saturated heterocycles. The van der Waals surface area contributed by atoms with Crippen molar-refractivity contribution in [2.24, 2.45) is 5.92 Å². The molecule has 0 bridgehead atoms. The van der Waals surface area contributed by atoms with Gasteiger partial charge in [-0.15, -0.1) is 0 Å². The summed E-state index contributed by atoms with van der Waals surface area (Å²) in [7, 11) is 3.84. The van der Waals surface area contributed by atoms with Gasteiger partial charge in [0.1, 0.15) is 0 Å². The van der Waals surface area contributed by atoms with Crippen molar-refractivity contribution in [3.05, 3.63) is 29.3 Å². The van der Waals surface area contributed by atoms with E-state index >= 15 is 0 Å². The van der Waals surface area contributed by atoms with E-state index in [0.29, 0.717) is 19.5 Å². The van der Waals surface area contributed by atoms with Crippen LogP contribution in [-0.2, 0) is 11.0 Å². The van der Waals surface area contributed by atoms with E-state index in [4.69, 9.17) is 0 Å². The largest absolute Gasteiger partial charge is 0.416 e. The zero-order valence-corrected chi connectivity index (χ0v) is 16.9. The van der Waals surface area contributed by atoms with Crippen LogP contribution in [0.1, 0.15) is 54.4 Å². The van der Waals surface area contributed by atoms with Gasteiger partial charge in [0.2, 0.25) is 5.91 Å². The van der Waals surface area contributed by atoms with Crippen LogP contribution in [0, 0.1) is 5.92 Å². The van der Waals surface area contributed by atoms with Gasteiger partial charge in [-0.2, -0.15) is 13.2 Å². The first-order valence-electron chi connectivity index (χ1n) is 10.1. The fraction of sp³-hybridized carbons (Fsp3) is 0.619. The number of carbonyl (C=O) groups is 2. The first kappa shape index (κ1) is 21.6. The Bertz CT molecular complexity index is 758. The molecule has 1 atom stereocenters. The fourth-order valence-corrected chi connectivity index (χ4v) is 4.21. The maximum atomic E-state index is 13.4. The lowest BCUT2D eigenvalue weighted by Gasteiger charge is -2.21. The lowest BCUT2D eigenvalue weighted by molar-refractivity contribution is -0.137. The summed E-state index contributed by atoms with van der Waals surface area (Å²) in [5, 5.41) is 2.58. The van der Waals surface area contributed by atoms with Crippen LogP contribution in [0.5, 0.6) is 0 Å². The van der Waals surface area contributed by atoms with Gasteiger partial charge < -0.3 is 15.1 Å². The van der Waals surface area contributed by atoms with Crippen molar-refractivity contribution in [3.8, 4) is 0 Å². The highest BCUT2D eigenvalue weighted by Crippen LogP contribution is 2.33. The van der Waals surface area contributed by atoms with Crippen LogP contribution in [0.4, 0.5) is 18.9 Å². The van der Waals surface area contributed by atoms with E-state index in [1.54, 1.807) is 4.90 Å². The molecule has 0 aromatic heterocycles. The molecular formula is C21H28F3N3O2. The Kier molecular flexibility index (Phi) is 6.51. The maximum absolute atomic E-state index is 13.4. The highest BCUT2D eigenvalue weighted by Gasteiger charge is 2.34. The smallest absolute Gasteiger partial charge is 0.337 e. The zero-order chi connectivity index (χ0) is 21.2. The Morgan fingerprint density at radius 1 is 1.14 bits per heavy atom. The van der Waals surface area contributed by atoms with Crippen molar-refractivity contribution >= 4 is 17.5 Å². The molecule has 3 rings (SSSR count). The SMILES string of the molecule is CN(C)C1CCN(C(=O)c2cc(NC(=O)CC3CCCC3)cc(C(F)(F)F)c2)C1. The van der Waals surface area contributed by atoms with Crippen molar-refractivity contribution in [2.75, 3.05) is 32.5 Å². The van der Waals surface area contributed by atoms with Gasteiger partial charge in [0.15, 0.2) is 0 Å². The summed E-state index contributed by atoms with van der Waals surface area (Å²) < 4.78 is 40.1. The van der Waals surface area contributed by atoms with Crippen LogP contribution >= 0.6 is 0 Å². The number of halogens is 3. The molecule has 2 fully saturated rings. The van der Waals surface area contributed by atoms with E-state index in [9.17, 15) is 22.8 Å². The second-order valence-corrected chi connectivity index (χ2v) is 8.36. The molecule has 29 heavy (non-hydrogen) atoms. The van der Waals surface area contributed by atoms with Gasteiger partial charge in [-0.3, -0.25) is 9.59 Å². The Morgan fingerprint density at radius 2 is 1.83 bits per heavy atom. The third-order valence-corrected chi connectivity index (χ3v) is 5.92. The molecule has 5 nitrogen and oxygen atoms in total. The van der Waals surface area contributed by atoms with Crippen molar-refractivity contribution in [3.63, 3.8) is 0 Å². The van der Waals surface area contributed by atoms with E-state index in [2.05, 4.69) is 5.32 Å². The van der Waals surface area contributed by atoms with Crippen LogP contribution in [0.3, 0.4) is 0 Å². The number of anilines is 1. The second kappa shape index (κ2) is 8.73. The van der Waals surface area contributed by atoms with Crippen LogP contribution in [-0.4, -0.2) is 54.8 Å². The molecule has 2 aliphatic rings. The second-order valence-electron chi connectivity index (χ2n) is 8.36. The van der Waals surface area contributed by atoms with E-state index in [1.807, 2.05) is 19.0 Å².